The average Bonchev–Trinajstić information content (AvgIpc) is 3.00. The number of aromatic nitrogens is 2. The van der Waals surface area contributed by atoms with Gasteiger partial charge in [-0.2, -0.15) is 0 Å². The maximum absolute atomic E-state index is 12.9. The number of hydrogen-bond acceptors (Lipinski definition) is 3. The number of hydrogen-bond donors (Lipinski definition) is 1. The van der Waals surface area contributed by atoms with Crippen molar-refractivity contribution in [2.24, 2.45) is 7.05 Å². The van der Waals surface area contributed by atoms with Crippen LogP contribution in [0.25, 0.3) is 32.6 Å². The second-order valence-corrected chi connectivity index (χ2v) is 7.33. The van der Waals surface area contributed by atoms with E-state index in [0.29, 0.717) is 0 Å². The molecule has 3 heterocycles. The molecule has 0 spiro atoms. The van der Waals surface area contributed by atoms with Crippen molar-refractivity contribution in [2.75, 3.05) is 26.2 Å². The highest BCUT2D eigenvalue weighted by Crippen LogP contribution is 2.35. The summed E-state index contributed by atoms with van der Waals surface area (Å²) < 4.78 is 2.24. The maximum Gasteiger partial charge on any atom is 0.253 e. The maximum atomic E-state index is 12.9. The summed E-state index contributed by atoms with van der Waals surface area (Å²) in [5.74, 6) is 0.120. The van der Waals surface area contributed by atoms with Crippen LogP contribution in [0.4, 0.5) is 0 Å². The summed E-state index contributed by atoms with van der Waals surface area (Å²) in [5.41, 5.74) is 4.38. The molecule has 0 atom stereocenters. The van der Waals surface area contributed by atoms with E-state index >= 15 is 0 Å². The lowest BCUT2D eigenvalue weighted by Crippen LogP contribution is -2.46. The Hall–Kier alpha value is -2.92. The van der Waals surface area contributed by atoms with Crippen molar-refractivity contribution in [3.63, 3.8) is 0 Å². The molecule has 1 N–H and O–H groups in total. The van der Waals surface area contributed by atoms with E-state index < -0.39 is 0 Å². The predicted octanol–water partition coefficient (Wildman–Crippen LogP) is 3.23. The minimum Gasteiger partial charge on any atom is -0.343 e. The van der Waals surface area contributed by atoms with Gasteiger partial charge in [0, 0.05) is 72.9 Å². The lowest BCUT2D eigenvalue weighted by molar-refractivity contribution is 0.0736. The van der Waals surface area contributed by atoms with Crippen LogP contribution in [0.2, 0.25) is 0 Å². The summed E-state index contributed by atoms with van der Waals surface area (Å²) in [6, 6.07) is 10.4. The van der Waals surface area contributed by atoms with Gasteiger partial charge in [0.05, 0.1) is 5.52 Å². The Labute approximate surface area is 157 Å². The molecule has 1 fully saturated rings. The summed E-state index contributed by atoms with van der Waals surface area (Å²) in [6.45, 7) is 5.42. The molecule has 5 nitrogen and oxygen atoms in total. The summed E-state index contributed by atoms with van der Waals surface area (Å²) in [6.07, 6.45) is 3.75. The molecule has 0 saturated carbocycles. The molecular formula is C22H22N4O. The number of piperazine rings is 1. The summed E-state index contributed by atoms with van der Waals surface area (Å²) in [4.78, 5) is 19.2. The lowest BCUT2D eigenvalue weighted by atomic mass is 10.0. The van der Waals surface area contributed by atoms with Crippen LogP contribution in [0, 0.1) is 6.92 Å². The zero-order valence-corrected chi connectivity index (χ0v) is 15.6. The van der Waals surface area contributed by atoms with Gasteiger partial charge in [0.2, 0.25) is 0 Å². The van der Waals surface area contributed by atoms with Gasteiger partial charge in [0.25, 0.3) is 5.91 Å². The van der Waals surface area contributed by atoms with E-state index in [1.165, 1.54) is 21.9 Å². The van der Waals surface area contributed by atoms with Gasteiger partial charge >= 0.3 is 0 Å². The van der Waals surface area contributed by atoms with Crippen LogP contribution in [-0.2, 0) is 7.05 Å². The minimum atomic E-state index is 0.120. The van der Waals surface area contributed by atoms with Crippen LogP contribution in [-0.4, -0.2) is 46.5 Å². The Morgan fingerprint density at radius 3 is 2.70 bits per heavy atom. The van der Waals surface area contributed by atoms with Crippen LogP contribution in [0.15, 0.2) is 42.7 Å². The minimum absolute atomic E-state index is 0.120. The van der Waals surface area contributed by atoms with Crippen molar-refractivity contribution in [3.05, 3.63) is 53.9 Å². The first-order valence-corrected chi connectivity index (χ1v) is 9.40. The fourth-order valence-electron chi connectivity index (χ4n) is 4.40. The molecule has 0 aliphatic carbocycles. The molecular weight excluding hydrogens is 336 g/mol. The van der Waals surface area contributed by atoms with E-state index in [1.54, 1.807) is 0 Å². The first-order valence-electron chi connectivity index (χ1n) is 9.40. The monoisotopic (exact) mass is 358 g/mol. The predicted molar refractivity (Wildman–Crippen MR) is 109 cm³/mol. The SMILES string of the molecule is Cc1c2ccncc2cc2c3cc(C(=O)N4CCNCC4)ccc3n(C)c12. The van der Waals surface area contributed by atoms with Crippen LogP contribution >= 0.6 is 0 Å². The van der Waals surface area contributed by atoms with Crippen molar-refractivity contribution in [1.29, 1.82) is 0 Å². The number of fused-ring (bicyclic) bond motifs is 4. The standard InChI is InChI=1S/C22H22N4O/c1-14-17-5-6-24-13-16(17)12-19-18-11-15(3-4-20(18)25(2)21(14)19)22(27)26-9-7-23-8-10-26/h3-6,11-13,23H,7-10H2,1-2H3. The zero-order chi connectivity index (χ0) is 18.5. The Kier molecular flexibility index (Phi) is 3.65. The molecule has 0 radical (unpaired) electrons. The Bertz CT molecular complexity index is 1200. The highest BCUT2D eigenvalue weighted by molar-refractivity contribution is 6.15. The van der Waals surface area contributed by atoms with Crippen molar-refractivity contribution in [3.8, 4) is 0 Å². The molecule has 1 aliphatic rings. The number of amides is 1. The fourth-order valence-corrected chi connectivity index (χ4v) is 4.40. The van der Waals surface area contributed by atoms with E-state index in [9.17, 15) is 4.79 Å². The van der Waals surface area contributed by atoms with Crippen LogP contribution in [0.5, 0.6) is 0 Å². The smallest absolute Gasteiger partial charge is 0.253 e. The molecule has 136 valence electrons. The van der Waals surface area contributed by atoms with E-state index in [-0.39, 0.29) is 5.91 Å². The Balaban J connectivity index is 1.74. The van der Waals surface area contributed by atoms with E-state index in [2.05, 4.69) is 53.1 Å². The van der Waals surface area contributed by atoms with Crippen molar-refractivity contribution in [2.45, 2.75) is 6.92 Å². The van der Waals surface area contributed by atoms with E-state index in [4.69, 9.17) is 0 Å². The molecule has 2 aromatic carbocycles. The molecule has 4 aromatic rings. The molecule has 1 amide bonds. The first-order chi connectivity index (χ1) is 13.1. The molecule has 27 heavy (non-hydrogen) atoms. The number of pyridine rings is 1. The van der Waals surface area contributed by atoms with Gasteiger partial charge in [-0.05, 0) is 48.2 Å². The number of nitrogens with zero attached hydrogens (tertiary/aromatic N) is 3. The molecule has 0 unspecified atom stereocenters. The van der Waals surface area contributed by atoms with Gasteiger partial charge in [-0.3, -0.25) is 9.78 Å². The first kappa shape index (κ1) is 16.3. The van der Waals surface area contributed by atoms with Gasteiger partial charge in [-0.15, -0.1) is 0 Å². The number of nitrogens with one attached hydrogen (secondary N) is 1. The van der Waals surface area contributed by atoms with Gasteiger partial charge in [0.15, 0.2) is 0 Å². The highest BCUT2D eigenvalue weighted by Gasteiger charge is 2.20. The average molecular weight is 358 g/mol. The second kappa shape index (κ2) is 6.06. The lowest BCUT2D eigenvalue weighted by Gasteiger charge is -2.27. The topological polar surface area (TPSA) is 50.2 Å². The normalized spacial score (nSPS) is 15.1. The molecule has 5 rings (SSSR count). The third kappa shape index (κ3) is 2.42. The van der Waals surface area contributed by atoms with Crippen LogP contribution < -0.4 is 5.32 Å². The molecule has 1 aliphatic heterocycles. The number of benzene rings is 2. The van der Waals surface area contributed by atoms with E-state index in [0.717, 1.165) is 48.0 Å². The zero-order valence-electron chi connectivity index (χ0n) is 15.6. The van der Waals surface area contributed by atoms with Gasteiger partial charge in [0.1, 0.15) is 0 Å². The summed E-state index contributed by atoms with van der Waals surface area (Å²) in [7, 11) is 2.10. The largest absolute Gasteiger partial charge is 0.343 e. The van der Waals surface area contributed by atoms with Gasteiger partial charge in [-0.25, -0.2) is 0 Å². The second-order valence-electron chi connectivity index (χ2n) is 7.33. The molecule has 1 saturated heterocycles. The van der Waals surface area contributed by atoms with E-state index in [1.807, 2.05) is 23.4 Å². The Morgan fingerprint density at radius 2 is 1.89 bits per heavy atom. The number of carbonyl (C=O) groups is 1. The summed E-state index contributed by atoms with van der Waals surface area (Å²) >= 11 is 0. The van der Waals surface area contributed by atoms with Crippen molar-refractivity contribution >= 4 is 38.5 Å². The fraction of sp³-hybridized carbons (Fsp3) is 0.273. The summed E-state index contributed by atoms with van der Waals surface area (Å²) in [5, 5.41) is 7.96. The van der Waals surface area contributed by atoms with Gasteiger partial charge < -0.3 is 14.8 Å². The van der Waals surface area contributed by atoms with Gasteiger partial charge in [-0.1, -0.05) is 0 Å². The molecule has 2 aromatic heterocycles. The van der Waals surface area contributed by atoms with Crippen molar-refractivity contribution < 1.29 is 4.79 Å². The molecule has 0 bridgehead atoms. The number of carbonyl (C=O) groups excluding carboxylic acids is 1. The quantitative estimate of drug-likeness (QED) is 0.568. The third-order valence-corrected chi connectivity index (χ3v) is 5.80. The Morgan fingerprint density at radius 1 is 1.07 bits per heavy atom. The number of aryl methyl sites for hydroxylation is 2. The highest BCUT2D eigenvalue weighted by atomic mass is 16.2. The van der Waals surface area contributed by atoms with Crippen LogP contribution in [0.3, 0.4) is 0 Å². The molecule has 5 heteroatoms. The number of rotatable bonds is 1. The van der Waals surface area contributed by atoms with Crippen LogP contribution in [0.1, 0.15) is 15.9 Å². The third-order valence-electron chi connectivity index (χ3n) is 5.80. The van der Waals surface area contributed by atoms with Crippen molar-refractivity contribution in [1.82, 2.24) is 19.8 Å².